The average molecular weight is 425 g/mol. The fourth-order valence-electron chi connectivity index (χ4n) is 5.06. The van der Waals surface area contributed by atoms with Crippen LogP contribution in [0.25, 0.3) is 0 Å². The van der Waals surface area contributed by atoms with Gasteiger partial charge in [-0.2, -0.15) is 5.10 Å². The predicted octanol–water partition coefficient (Wildman–Crippen LogP) is 2.53. The maximum absolute atomic E-state index is 12.7. The number of hydrazine groups is 1. The van der Waals surface area contributed by atoms with Crippen molar-refractivity contribution < 1.29 is 9.53 Å². The van der Waals surface area contributed by atoms with E-state index >= 15 is 0 Å². The second-order valence-electron chi connectivity index (χ2n) is 8.77. The van der Waals surface area contributed by atoms with E-state index in [-0.39, 0.29) is 24.2 Å². The van der Waals surface area contributed by atoms with Crippen molar-refractivity contribution in [1.82, 2.24) is 25.7 Å². The Labute approximate surface area is 183 Å². The fourth-order valence-corrected chi connectivity index (χ4v) is 5.06. The minimum absolute atomic E-state index is 0.0871. The normalized spacial score (nSPS) is 27.3. The summed E-state index contributed by atoms with van der Waals surface area (Å²) < 4.78 is 5.28. The van der Waals surface area contributed by atoms with Crippen LogP contribution in [0.3, 0.4) is 0 Å². The van der Waals surface area contributed by atoms with E-state index in [0.717, 1.165) is 43.9 Å². The summed E-state index contributed by atoms with van der Waals surface area (Å²) >= 11 is 0. The minimum Gasteiger partial charge on any atom is -0.497 e. The molecule has 1 aromatic rings. The molecule has 0 spiro atoms. The first-order valence-electron chi connectivity index (χ1n) is 11.5. The average Bonchev–Trinajstić information content (AvgIpc) is 3.32. The van der Waals surface area contributed by atoms with E-state index < -0.39 is 0 Å². The molecule has 166 valence electrons. The number of likely N-dealkylation sites (tertiary alicyclic amines) is 1. The summed E-state index contributed by atoms with van der Waals surface area (Å²) in [4.78, 5) is 16.9. The Balaban J connectivity index is 1.18. The number of rotatable bonds is 5. The van der Waals surface area contributed by atoms with Crippen LogP contribution in [-0.2, 0) is 4.79 Å². The molecule has 2 N–H and O–H groups in total. The number of hydrogen-bond acceptors (Lipinski definition) is 7. The molecule has 8 nitrogen and oxygen atoms in total. The van der Waals surface area contributed by atoms with E-state index in [1.165, 1.54) is 18.4 Å². The van der Waals surface area contributed by atoms with Crippen molar-refractivity contribution in [3.63, 3.8) is 0 Å². The Bertz CT molecular complexity index is 846. The van der Waals surface area contributed by atoms with Crippen molar-refractivity contribution in [3.05, 3.63) is 42.2 Å². The minimum atomic E-state index is 0.0871. The smallest absolute Gasteiger partial charge is 0.223 e. The highest BCUT2D eigenvalue weighted by atomic mass is 16.5. The van der Waals surface area contributed by atoms with E-state index in [1.54, 1.807) is 7.11 Å². The van der Waals surface area contributed by atoms with Crippen LogP contribution in [0.15, 0.2) is 41.8 Å². The number of amidine groups is 1. The molecule has 31 heavy (non-hydrogen) atoms. The summed E-state index contributed by atoms with van der Waals surface area (Å²) in [6, 6.07) is 8.76. The zero-order chi connectivity index (χ0) is 21.2. The quantitative estimate of drug-likeness (QED) is 0.757. The summed E-state index contributed by atoms with van der Waals surface area (Å²) in [6.07, 6.45) is 11.2. The third-order valence-corrected chi connectivity index (χ3v) is 6.85. The Hall–Kier alpha value is -2.74. The second-order valence-corrected chi connectivity index (χ2v) is 8.77. The van der Waals surface area contributed by atoms with Gasteiger partial charge in [0.15, 0.2) is 0 Å². The number of ether oxygens (including phenoxy) is 1. The summed E-state index contributed by atoms with van der Waals surface area (Å²) in [7, 11) is 1.69. The van der Waals surface area contributed by atoms with Crippen LogP contribution in [0.4, 0.5) is 0 Å². The monoisotopic (exact) mass is 424 g/mol. The molecule has 8 heteroatoms. The number of nitrogens with zero attached hydrogens (tertiary/aromatic N) is 4. The molecule has 2 saturated heterocycles. The molecule has 5 rings (SSSR count). The van der Waals surface area contributed by atoms with Crippen LogP contribution in [0.2, 0.25) is 0 Å². The standard InChI is InChI=1S/C23H32N6O2/c1-31-18-8-6-17(7-9-18)19-16-20-23-25-24-21(28(23)14-15-29(20)26-19)10-11-22(30)27-12-4-2-3-5-13-27/h6-9,14-15,19-20,23,25-26H,2-5,10-13,16H2,1H3. The van der Waals surface area contributed by atoms with Gasteiger partial charge in [-0.3, -0.25) is 10.2 Å². The molecule has 0 bridgehead atoms. The van der Waals surface area contributed by atoms with Crippen molar-refractivity contribution in [2.45, 2.75) is 63.2 Å². The number of fused-ring (bicyclic) bond motifs is 3. The highest BCUT2D eigenvalue weighted by Gasteiger charge is 2.44. The summed E-state index contributed by atoms with van der Waals surface area (Å²) in [5.74, 6) is 2.09. The van der Waals surface area contributed by atoms with Gasteiger partial charge in [0.1, 0.15) is 17.8 Å². The van der Waals surface area contributed by atoms with Gasteiger partial charge in [0.05, 0.1) is 19.2 Å². The molecule has 3 atom stereocenters. The molecule has 0 radical (unpaired) electrons. The molecule has 1 amide bonds. The Kier molecular flexibility index (Phi) is 5.72. The number of benzene rings is 1. The van der Waals surface area contributed by atoms with Crippen molar-refractivity contribution in [2.75, 3.05) is 20.2 Å². The van der Waals surface area contributed by atoms with Gasteiger partial charge in [0, 0.05) is 38.3 Å². The SMILES string of the molecule is COc1ccc(C2CC3C4NN=C(CCC(=O)N5CCCCCC5)N4C=CN3N2)cc1. The molecule has 0 aromatic heterocycles. The molecule has 4 aliphatic heterocycles. The third kappa shape index (κ3) is 4.08. The Morgan fingerprint density at radius 1 is 1.13 bits per heavy atom. The Morgan fingerprint density at radius 3 is 2.65 bits per heavy atom. The van der Waals surface area contributed by atoms with Gasteiger partial charge in [0.25, 0.3) is 0 Å². The summed E-state index contributed by atoms with van der Waals surface area (Å²) in [6.45, 7) is 1.82. The maximum atomic E-state index is 12.7. The molecule has 0 aliphatic carbocycles. The second kappa shape index (κ2) is 8.78. The molecule has 1 aromatic carbocycles. The van der Waals surface area contributed by atoms with Gasteiger partial charge < -0.3 is 19.5 Å². The number of hydrogen-bond donors (Lipinski definition) is 2. The molecule has 2 fully saturated rings. The predicted molar refractivity (Wildman–Crippen MR) is 119 cm³/mol. The van der Waals surface area contributed by atoms with E-state index in [2.05, 4.69) is 50.4 Å². The first-order chi connectivity index (χ1) is 15.2. The lowest BCUT2D eigenvalue weighted by atomic mass is 9.99. The number of hydrazone groups is 1. The molecular formula is C23H32N6O2. The van der Waals surface area contributed by atoms with Gasteiger partial charge in [-0.1, -0.05) is 25.0 Å². The van der Waals surface area contributed by atoms with Gasteiger partial charge >= 0.3 is 0 Å². The highest BCUT2D eigenvalue weighted by molar-refractivity contribution is 5.89. The molecule has 0 saturated carbocycles. The van der Waals surface area contributed by atoms with Crippen LogP contribution in [0, 0.1) is 0 Å². The van der Waals surface area contributed by atoms with E-state index in [4.69, 9.17) is 4.74 Å². The largest absolute Gasteiger partial charge is 0.497 e. The van der Waals surface area contributed by atoms with Crippen LogP contribution in [0.1, 0.15) is 56.6 Å². The van der Waals surface area contributed by atoms with Gasteiger partial charge in [-0.25, -0.2) is 5.43 Å². The molecular weight excluding hydrogens is 392 g/mol. The van der Waals surface area contributed by atoms with Crippen molar-refractivity contribution >= 4 is 11.7 Å². The highest BCUT2D eigenvalue weighted by Crippen LogP contribution is 2.34. The lowest BCUT2D eigenvalue weighted by Crippen LogP contribution is -2.54. The van der Waals surface area contributed by atoms with Crippen LogP contribution >= 0.6 is 0 Å². The molecule has 3 unspecified atom stereocenters. The topological polar surface area (TPSA) is 72.4 Å². The van der Waals surface area contributed by atoms with Crippen molar-refractivity contribution in [3.8, 4) is 5.75 Å². The lowest BCUT2D eigenvalue weighted by Gasteiger charge is -2.37. The van der Waals surface area contributed by atoms with Gasteiger partial charge in [0.2, 0.25) is 5.91 Å². The number of carbonyl (C=O) groups excluding carboxylic acids is 1. The number of methoxy groups -OCH3 is 1. The number of amides is 1. The van der Waals surface area contributed by atoms with E-state index in [9.17, 15) is 4.79 Å². The first kappa shape index (κ1) is 20.2. The lowest BCUT2D eigenvalue weighted by molar-refractivity contribution is -0.131. The van der Waals surface area contributed by atoms with Crippen molar-refractivity contribution in [2.24, 2.45) is 5.10 Å². The van der Waals surface area contributed by atoms with Crippen LogP contribution in [0.5, 0.6) is 5.75 Å². The van der Waals surface area contributed by atoms with Crippen LogP contribution in [-0.4, -0.2) is 59.0 Å². The zero-order valence-corrected chi connectivity index (χ0v) is 18.2. The summed E-state index contributed by atoms with van der Waals surface area (Å²) in [5.41, 5.74) is 8.17. The first-order valence-corrected chi connectivity index (χ1v) is 11.5. The summed E-state index contributed by atoms with van der Waals surface area (Å²) in [5, 5.41) is 6.78. The maximum Gasteiger partial charge on any atom is 0.223 e. The number of nitrogens with one attached hydrogen (secondary N) is 2. The van der Waals surface area contributed by atoms with Gasteiger partial charge in [-0.05, 0) is 37.0 Å². The Morgan fingerprint density at radius 2 is 1.90 bits per heavy atom. The fraction of sp³-hybridized carbons (Fsp3) is 0.565. The molecule has 4 aliphatic rings. The van der Waals surface area contributed by atoms with E-state index in [1.807, 2.05) is 17.0 Å². The van der Waals surface area contributed by atoms with Gasteiger partial charge in [-0.15, -0.1) is 0 Å². The zero-order valence-electron chi connectivity index (χ0n) is 18.2. The number of carbonyl (C=O) groups is 1. The molecule has 4 heterocycles. The van der Waals surface area contributed by atoms with E-state index in [0.29, 0.717) is 12.8 Å². The third-order valence-electron chi connectivity index (χ3n) is 6.85. The van der Waals surface area contributed by atoms with Crippen LogP contribution < -0.4 is 15.6 Å². The van der Waals surface area contributed by atoms with Crippen molar-refractivity contribution in [1.29, 1.82) is 0 Å².